The minimum Gasteiger partial charge on any atom is -0.493 e. The lowest BCUT2D eigenvalue weighted by atomic mass is 9.96. The van der Waals surface area contributed by atoms with Gasteiger partial charge in [-0.3, -0.25) is 0 Å². The Morgan fingerprint density at radius 2 is 2.10 bits per heavy atom. The highest BCUT2D eigenvalue weighted by Gasteiger charge is 2.23. The molecule has 0 aliphatic carbocycles. The van der Waals surface area contributed by atoms with Gasteiger partial charge < -0.3 is 15.2 Å². The minimum absolute atomic E-state index is 0.0980. The molecule has 114 valence electrons. The molecule has 0 bridgehead atoms. The van der Waals surface area contributed by atoms with Crippen LogP contribution in [0, 0.1) is 12.7 Å². The number of hydrogen-bond acceptors (Lipinski definition) is 3. The Labute approximate surface area is 121 Å². The predicted octanol–water partition coefficient (Wildman–Crippen LogP) is 3.04. The number of aliphatic hydroxyl groups excluding tert-OH is 1. The molecule has 0 saturated heterocycles. The van der Waals surface area contributed by atoms with E-state index in [1.54, 1.807) is 6.07 Å². The molecule has 0 amide bonds. The van der Waals surface area contributed by atoms with Crippen LogP contribution in [0.4, 0.5) is 4.39 Å². The summed E-state index contributed by atoms with van der Waals surface area (Å²) >= 11 is 0. The third-order valence-corrected chi connectivity index (χ3v) is 3.25. The number of benzene rings is 1. The third kappa shape index (κ3) is 5.47. The molecule has 2 N–H and O–H groups in total. The Bertz CT molecular complexity index is 423. The maximum absolute atomic E-state index is 13.0. The van der Waals surface area contributed by atoms with Crippen molar-refractivity contribution in [1.29, 1.82) is 0 Å². The van der Waals surface area contributed by atoms with Gasteiger partial charge in [-0.1, -0.05) is 13.8 Å². The molecule has 0 radical (unpaired) electrons. The topological polar surface area (TPSA) is 41.5 Å². The lowest BCUT2D eigenvalue weighted by Crippen LogP contribution is -2.49. The second kappa shape index (κ2) is 7.60. The first-order valence-corrected chi connectivity index (χ1v) is 7.14. The van der Waals surface area contributed by atoms with Crippen molar-refractivity contribution in [3.63, 3.8) is 0 Å². The highest BCUT2D eigenvalue weighted by molar-refractivity contribution is 5.32. The molecule has 0 aromatic heterocycles. The van der Waals surface area contributed by atoms with Crippen LogP contribution in [0.2, 0.25) is 0 Å². The van der Waals surface area contributed by atoms with E-state index < -0.39 is 0 Å². The Morgan fingerprint density at radius 3 is 2.65 bits per heavy atom. The summed E-state index contributed by atoms with van der Waals surface area (Å²) in [6.07, 6.45) is 1.65. The van der Waals surface area contributed by atoms with Crippen LogP contribution in [0.25, 0.3) is 0 Å². The Hall–Kier alpha value is -1.13. The van der Waals surface area contributed by atoms with Crippen molar-refractivity contribution in [1.82, 2.24) is 5.32 Å². The molecule has 4 heteroatoms. The predicted molar refractivity (Wildman–Crippen MR) is 79.6 cm³/mol. The zero-order valence-electron chi connectivity index (χ0n) is 12.9. The summed E-state index contributed by atoms with van der Waals surface area (Å²) in [5.41, 5.74) is 0.519. The Morgan fingerprint density at radius 1 is 1.40 bits per heavy atom. The lowest BCUT2D eigenvalue weighted by Gasteiger charge is -2.31. The quantitative estimate of drug-likeness (QED) is 0.721. The Balaban J connectivity index is 2.40. The van der Waals surface area contributed by atoms with Crippen molar-refractivity contribution in [2.45, 2.75) is 52.1 Å². The molecular weight excluding hydrogens is 257 g/mol. The van der Waals surface area contributed by atoms with Gasteiger partial charge >= 0.3 is 0 Å². The van der Waals surface area contributed by atoms with E-state index in [4.69, 9.17) is 4.74 Å². The largest absolute Gasteiger partial charge is 0.493 e. The van der Waals surface area contributed by atoms with Crippen molar-refractivity contribution < 1.29 is 14.2 Å². The number of nitrogens with one attached hydrogen (secondary N) is 1. The van der Waals surface area contributed by atoms with Gasteiger partial charge in [-0.05, 0) is 50.5 Å². The van der Waals surface area contributed by atoms with Gasteiger partial charge in [-0.15, -0.1) is 0 Å². The summed E-state index contributed by atoms with van der Waals surface area (Å²) in [4.78, 5) is 0. The molecule has 0 spiro atoms. The molecule has 0 aliphatic rings. The molecule has 1 rings (SSSR count). The third-order valence-electron chi connectivity index (χ3n) is 3.25. The van der Waals surface area contributed by atoms with Crippen LogP contribution < -0.4 is 10.1 Å². The summed E-state index contributed by atoms with van der Waals surface area (Å²) in [6.45, 7) is 8.62. The van der Waals surface area contributed by atoms with Gasteiger partial charge in [0.2, 0.25) is 0 Å². The highest BCUT2D eigenvalue weighted by Crippen LogP contribution is 2.19. The van der Waals surface area contributed by atoms with Gasteiger partial charge in [0.15, 0.2) is 0 Å². The van der Waals surface area contributed by atoms with Crippen LogP contribution in [0.3, 0.4) is 0 Å². The van der Waals surface area contributed by atoms with E-state index in [-0.39, 0.29) is 18.0 Å². The number of rotatable bonds is 8. The molecule has 20 heavy (non-hydrogen) atoms. The summed E-state index contributed by atoms with van der Waals surface area (Å²) in [7, 11) is 0. The van der Waals surface area contributed by atoms with E-state index in [9.17, 15) is 9.50 Å². The van der Waals surface area contributed by atoms with Gasteiger partial charge in [0.1, 0.15) is 11.6 Å². The standard InChI is InChI=1S/C16H26FNO2/c1-12(2)18-16(4,11-19)8-5-9-20-15-7-6-14(17)10-13(15)3/h6-7,10,12,18-19H,5,8-9,11H2,1-4H3. The van der Waals surface area contributed by atoms with E-state index in [2.05, 4.69) is 19.2 Å². The molecule has 0 aliphatic heterocycles. The van der Waals surface area contributed by atoms with Gasteiger partial charge in [0.05, 0.1) is 13.2 Å². The smallest absolute Gasteiger partial charge is 0.123 e. The fourth-order valence-corrected chi connectivity index (χ4v) is 2.31. The second-order valence-electron chi connectivity index (χ2n) is 5.88. The molecule has 1 aromatic carbocycles. The van der Waals surface area contributed by atoms with Crippen LogP contribution in [0.5, 0.6) is 5.75 Å². The van der Waals surface area contributed by atoms with Crippen molar-refractivity contribution in [2.24, 2.45) is 0 Å². The maximum atomic E-state index is 13.0. The Kier molecular flexibility index (Phi) is 6.43. The van der Waals surface area contributed by atoms with Crippen LogP contribution in [-0.2, 0) is 0 Å². The van der Waals surface area contributed by atoms with Crippen LogP contribution >= 0.6 is 0 Å². The van der Waals surface area contributed by atoms with E-state index in [0.717, 1.165) is 18.4 Å². The van der Waals surface area contributed by atoms with Crippen molar-refractivity contribution >= 4 is 0 Å². The van der Waals surface area contributed by atoms with Gasteiger partial charge in [0, 0.05) is 11.6 Å². The van der Waals surface area contributed by atoms with Crippen molar-refractivity contribution in [3.05, 3.63) is 29.6 Å². The molecule has 1 unspecified atom stereocenters. The maximum Gasteiger partial charge on any atom is 0.123 e. The van der Waals surface area contributed by atoms with Crippen molar-refractivity contribution in [3.8, 4) is 5.75 Å². The van der Waals surface area contributed by atoms with Gasteiger partial charge in [-0.25, -0.2) is 4.39 Å². The van der Waals surface area contributed by atoms with Gasteiger partial charge in [-0.2, -0.15) is 0 Å². The van der Waals surface area contributed by atoms with Crippen LogP contribution in [-0.4, -0.2) is 29.9 Å². The van der Waals surface area contributed by atoms with Crippen LogP contribution in [0.15, 0.2) is 18.2 Å². The second-order valence-corrected chi connectivity index (χ2v) is 5.88. The molecule has 0 fully saturated rings. The first kappa shape index (κ1) is 16.9. The fraction of sp³-hybridized carbons (Fsp3) is 0.625. The summed E-state index contributed by atoms with van der Waals surface area (Å²) in [6, 6.07) is 4.85. The average Bonchev–Trinajstić information content (AvgIpc) is 2.36. The van der Waals surface area contributed by atoms with Crippen molar-refractivity contribution in [2.75, 3.05) is 13.2 Å². The fourth-order valence-electron chi connectivity index (χ4n) is 2.31. The highest BCUT2D eigenvalue weighted by atomic mass is 19.1. The summed E-state index contributed by atoms with van der Waals surface area (Å²) in [5.74, 6) is 0.470. The molecule has 0 heterocycles. The molecule has 3 nitrogen and oxygen atoms in total. The monoisotopic (exact) mass is 283 g/mol. The molecule has 1 aromatic rings. The number of halogens is 1. The molecular formula is C16H26FNO2. The number of ether oxygens (including phenoxy) is 1. The van der Waals surface area contributed by atoms with E-state index >= 15 is 0 Å². The van der Waals surface area contributed by atoms with E-state index in [0.29, 0.717) is 18.4 Å². The SMILES string of the molecule is Cc1cc(F)ccc1OCCCC(C)(CO)NC(C)C. The zero-order chi connectivity index (χ0) is 15.2. The van der Waals surface area contributed by atoms with E-state index in [1.807, 2.05) is 13.8 Å². The first-order chi connectivity index (χ1) is 9.36. The minimum atomic E-state index is -0.282. The number of aliphatic hydroxyl groups is 1. The molecule has 0 saturated carbocycles. The van der Waals surface area contributed by atoms with Gasteiger partial charge in [0.25, 0.3) is 0 Å². The van der Waals surface area contributed by atoms with E-state index in [1.165, 1.54) is 12.1 Å². The number of aryl methyl sites for hydroxylation is 1. The zero-order valence-corrected chi connectivity index (χ0v) is 12.9. The normalized spacial score (nSPS) is 14.3. The summed E-state index contributed by atoms with van der Waals surface area (Å²) < 4.78 is 18.6. The first-order valence-electron chi connectivity index (χ1n) is 7.14. The van der Waals surface area contributed by atoms with Crippen LogP contribution in [0.1, 0.15) is 39.2 Å². The average molecular weight is 283 g/mol. The lowest BCUT2D eigenvalue weighted by molar-refractivity contribution is 0.147. The summed E-state index contributed by atoms with van der Waals surface area (Å²) in [5, 5.41) is 12.8. The molecule has 1 atom stereocenters. The number of hydrogen-bond donors (Lipinski definition) is 2.